The van der Waals surface area contributed by atoms with Crippen molar-refractivity contribution < 1.29 is 56.2 Å². The molecule has 2 aliphatic rings. The summed E-state index contributed by atoms with van der Waals surface area (Å²) >= 11 is 0. The zero-order chi connectivity index (χ0) is 18.7. The summed E-state index contributed by atoms with van der Waals surface area (Å²) in [6, 6.07) is 6.17. The van der Waals surface area contributed by atoms with Gasteiger partial charge in [0, 0.05) is 43.3 Å². The summed E-state index contributed by atoms with van der Waals surface area (Å²) in [6.07, 6.45) is 4.20. The number of anilines is 1. The first-order chi connectivity index (χ1) is 12.5. The van der Waals surface area contributed by atoms with E-state index in [0.29, 0.717) is 24.2 Å². The van der Waals surface area contributed by atoms with E-state index < -0.39 is 0 Å². The van der Waals surface area contributed by atoms with Crippen LogP contribution in [0.2, 0.25) is 0 Å². The summed E-state index contributed by atoms with van der Waals surface area (Å²) in [5.74, 6) is 1.85. The average molecular weight is 395 g/mol. The van der Waals surface area contributed by atoms with Crippen molar-refractivity contribution in [2.24, 2.45) is 17.8 Å². The number of hydrogen-bond donors (Lipinski definition) is 1. The smallest absolute Gasteiger partial charge is 0.686 e. The molecule has 0 radical (unpaired) electrons. The normalized spacial score (nSPS) is 25.5. The van der Waals surface area contributed by atoms with Gasteiger partial charge >= 0.3 is 51.4 Å². The van der Waals surface area contributed by atoms with E-state index in [0.717, 1.165) is 55.7 Å². The number of likely N-dealkylation sites (tertiary alicyclic amines) is 1. The molecule has 0 aromatic heterocycles. The van der Waals surface area contributed by atoms with E-state index in [4.69, 9.17) is 5.41 Å². The van der Waals surface area contributed by atoms with Crippen LogP contribution in [0.15, 0.2) is 18.2 Å². The number of amidine groups is 1. The Labute approximate surface area is 206 Å². The Morgan fingerprint density at radius 3 is 2.56 bits per heavy atom. The maximum Gasteiger partial charge on any atom is 1.00 e. The number of nitrogens with zero attached hydrogens (tertiary/aromatic N) is 3. The summed E-state index contributed by atoms with van der Waals surface area (Å²) in [4.78, 5) is 15.7. The monoisotopic (exact) mass is 394 g/mol. The topological polar surface area (TPSA) is 61.5 Å². The van der Waals surface area contributed by atoms with Gasteiger partial charge in [0.05, 0.1) is 0 Å². The third-order valence-electron chi connectivity index (χ3n) is 5.67. The summed E-state index contributed by atoms with van der Waals surface area (Å²) < 4.78 is 0. The Kier molecular flexibility index (Phi) is 8.81. The standard InChI is InChI=1S/C21H31N4O.K/c1-15-10-16(2)12-25(11-15)19-8-4-7-18(23-3)20(19)21(22)24-9-5-6-17(13-24)14-26;/h4,7-8,14-17H,5-6,9-13H2,1-3H3,(H-,22,23);/q-1;+1. The van der Waals surface area contributed by atoms with E-state index in [1.807, 2.05) is 12.1 Å². The van der Waals surface area contributed by atoms with Gasteiger partial charge in [0.15, 0.2) is 0 Å². The molecule has 1 aromatic carbocycles. The fraction of sp³-hybridized carbons (Fsp3) is 0.619. The quantitative estimate of drug-likeness (QED) is 0.359. The molecule has 2 heterocycles. The Balaban J connectivity index is 0.00000261. The Bertz CT molecular complexity index is 656. The molecule has 27 heavy (non-hydrogen) atoms. The van der Waals surface area contributed by atoms with E-state index in [-0.39, 0.29) is 57.3 Å². The molecule has 142 valence electrons. The predicted molar refractivity (Wildman–Crippen MR) is 108 cm³/mol. The predicted octanol–water partition coefficient (Wildman–Crippen LogP) is 1.04. The van der Waals surface area contributed by atoms with Gasteiger partial charge in [-0.25, -0.2) is 0 Å². The van der Waals surface area contributed by atoms with Crippen LogP contribution in [0.25, 0.3) is 5.32 Å². The second-order valence-electron chi connectivity index (χ2n) is 8.08. The summed E-state index contributed by atoms with van der Waals surface area (Å²) in [5.41, 5.74) is 2.90. The average Bonchev–Trinajstić information content (AvgIpc) is 2.66. The molecular formula is C21H31KN4O. The van der Waals surface area contributed by atoms with Crippen molar-refractivity contribution in [1.82, 2.24) is 4.90 Å². The van der Waals surface area contributed by atoms with E-state index in [2.05, 4.69) is 35.0 Å². The Morgan fingerprint density at radius 1 is 1.22 bits per heavy atom. The van der Waals surface area contributed by atoms with Gasteiger partial charge in [-0.05, 0) is 37.2 Å². The second-order valence-corrected chi connectivity index (χ2v) is 8.08. The van der Waals surface area contributed by atoms with Crippen molar-refractivity contribution >= 4 is 23.5 Å². The minimum Gasteiger partial charge on any atom is -0.686 e. The fourth-order valence-corrected chi connectivity index (χ4v) is 4.56. The molecule has 1 aromatic rings. The molecule has 2 fully saturated rings. The number of carbonyl (C=O) groups is 1. The summed E-state index contributed by atoms with van der Waals surface area (Å²) in [7, 11) is 1.79. The van der Waals surface area contributed by atoms with Crippen molar-refractivity contribution in [3.8, 4) is 0 Å². The molecule has 3 rings (SSSR count). The minimum absolute atomic E-state index is 0. The van der Waals surface area contributed by atoms with Crippen molar-refractivity contribution in [2.75, 3.05) is 38.1 Å². The van der Waals surface area contributed by atoms with Crippen LogP contribution in [0.4, 0.5) is 11.4 Å². The van der Waals surface area contributed by atoms with Crippen LogP contribution in [0.5, 0.6) is 0 Å². The number of carbonyl (C=O) groups excluding carboxylic acids is 1. The van der Waals surface area contributed by atoms with E-state index >= 15 is 0 Å². The fourth-order valence-electron chi connectivity index (χ4n) is 4.56. The van der Waals surface area contributed by atoms with E-state index in [1.54, 1.807) is 7.05 Å². The Morgan fingerprint density at radius 2 is 1.93 bits per heavy atom. The molecule has 2 aliphatic heterocycles. The van der Waals surface area contributed by atoms with Gasteiger partial charge in [-0.3, -0.25) is 5.41 Å². The molecule has 5 nitrogen and oxygen atoms in total. The number of hydrogen-bond acceptors (Lipinski definition) is 3. The first-order valence-electron chi connectivity index (χ1n) is 9.80. The minimum atomic E-state index is 0. The van der Waals surface area contributed by atoms with Crippen LogP contribution >= 0.6 is 0 Å². The maximum atomic E-state index is 11.3. The number of rotatable bonds is 4. The van der Waals surface area contributed by atoms with Crippen LogP contribution in [0.1, 0.15) is 38.7 Å². The van der Waals surface area contributed by atoms with Gasteiger partial charge in [-0.1, -0.05) is 26.0 Å². The van der Waals surface area contributed by atoms with Crippen LogP contribution in [0, 0.1) is 23.2 Å². The molecular weight excluding hydrogens is 363 g/mol. The summed E-state index contributed by atoms with van der Waals surface area (Å²) in [5, 5.41) is 13.4. The van der Waals surface area contributed by atoms with E-state index in [9.17, 15) is 4.79 Å². The van der Waals surface area contributed by atoms with E-state index in [1.165, 1.54) is 6.42 Å². The van der Waals surface area contributed by atoms with Gasteiger partial charge in [-0.15, -0.1) is 12.7 Å². The molecule has 2 saturated heterocycles. The summed E-state index contributed by atoms with van der Waals surface area (Å²) in [6.45, 7) is 8.14. The van der Waals surface area contributed by atoms with Crippen LogP contribution in [-0.4, -0.2) is 50.2 Å². The van der Waals surface area contributed by atoms with Crippen molar-refractivity contribution in [3.05, 3.63) is 29.1 Å². The zero-order valence-electron chi connectivity index (χ0n) is 17.2. The third kappa shape index (κ3) is 5.35. The molecule has 6 heteroatoms. The maximum absolute atomic E-state index is 11.3. The largest absolute Gasteiger partial charge is 1.00 e. The first-order valence-corrected chi connectivity index (χ1v) is 9.80. The molecule has 0 spiro atoms. The van der Waals surface area contributed by atoms with Crippen molar-refractivity contribution in [2.45, 2.75) is 33.1 Å². The molecule has 3 atom stereocenters. The molecule has 0 amide bonds. The van der Waals surface area contributed by atoms with Gasteiger partial charge in [-0.2, -0.15) is 0 Å². The van der Waals surface area contributed by atoms with Gasteiger partial charge in [0.1, 0.15) is 12.1 Å². The number of benzene rings is 1. The molecule has 0 saturated carbocycles. The van der Waals surface area contributed by atoms with Crippen LogP contribution < -0.4 is 56.3 Å². The van der Waals surface area contributed by atoms with Gasteiger partial charge in [0.25, 0.3) is 0 Å². The van der Waals surface area contributed by atoms with Crippen molar-refractivity contribution in [1.29, 1.82) is 5.41 Å². The first kappa shape index (κ1) is 22.9. The second kappa shape index (κ2) is 10.4. The molecule has 1 N–H and O–H groups in total. The number of aldehydes is 1. The third-order valence-corrected chi connectivity index (χ3v) is 5.67. The van der Waals surface area contributed by atoms with Crippen LogP contribution in [-0.2, 0) is 4.79 Å². The molecule has 3 unspecified atom stereocenters. The van der Waals surface area contributed by atoms with Gasteiger partial charge < -0.3 is 19.9 Å². The number of piperidine rings is 2. The molecule has 0 bridgehead atoms. The Hall–Kier alpha value is -0.404. The molecule has 0 aliphatic carbocycles. The van der Waals surface area contributed by atoms with Crippen LogP contribution in [0.3, 0.4) is 0 Å². The zero-order valence-corrected chi connectivity index (χ0v) is 20.4. The van der Waals surface area contributed by atoms with Crippen molar-refractivity contribution in [3.63, 3.8) is 0 Å². The SMILES string of the molecule is C[N-]c1cccc(N2CC(C)CC(C)C2)c1C(=N)N1CCCC(C=O)C1.[K+]. The number of nitrogens with one attached hydrogen (secondary N) is 1. The van der Waals surface area contributed by atoms with Gasteiger partial charge in [0.2, 0.25) is 0 Å².